The zero-order valence-corrected chi connectivity index (χ0v) is 12.3. The minimum Gasteiger partial charge on any atom is -0.324 e. The van der Waals surface area contributed by atoms with Crippen LogP contribution in [-0.2, 0) is 6.18 Å². The van der Waals surface area contributed by atoms with Crippen molar-refractivity contribution in [1.82, 2.24) is 0 Å². The third-order valence-electron chi connectivity index (χ3n) is 3.32. The number of nitrogens with two attached hydrogens (primary N) is 1. The molecule has 0 amide bonds. The van der Waals surface area contributed by atoms with Crippen molar-refractivity contribution in [3.63, 3.8) is 0 Å². The standard InChI is InChI=1S/C16H16F3N.ClH/c1-2-15(20)13-5-3-11(4-6-13)12-7-9-14(10-8-12)16(17,18)19;/h3-10,15H,2,20H2,1H3;1H/t15-;/m1./s1. The molecule has 2 aromatic carbocycles. The molecule has 21 heavy (non-hydrogen) atoms. The Labute approximate surface area is 128 Å². The summed E-state index contributed by atoms with van der Waals surface area (Å²) in [5.74, 6) is 0. The molecule has 0 aliphatic carbocycles. The highest BCUT2D eigenvalue weighted by Gasteiger charge is 2.29. The Kier molecular flexibility index (Phi) is 5.81. The Hall–Kier alpha value is -1.52. The lowest BCUT2D eigenvalue weighted by Crippen LogP contribution is -2.08. The predicted octanol–water partition coefficient (Wildman–Crippen LogP) is 5.20. The van der Waals surface area contributed by atoms with Gasteiger partial charge in [-0.2, -0.15) is 13.2 Å². The van der Waals surface area contributed by atoms with Crippen LogP contribution in [0.5, 0.6) is 0 Å². The van der Waals surface area contributed by atoms with E-state index in [0.29, 0.717) is 0 Å². The van der Waals surface area contributed by atoms with E-state index in [4.69, 9.17) is 5.73 Å². The fourth-order valence-corrected chi connectivity index (χ4v) is 2.01. The van der Waals surface area contributed by atoms with Gasteiger partial charge in [0.05, 0.1) is 5.56 Å². The molecular formula is C16H17ClF3N. The van der Waals surface area contributed by atoms with Gasteiger partial charge in [-0.15, -0.1) is 12.4 Å². The highest BCUT2D eigenvalue weighted by molar-refractivity contribution is 5.85. The van der Waals surface area contributed by atoms with Crippen molar-refractivity contribution in [2.45, 2.75) is 25.6 Å². The molecule has 0 fully saturated rings. The summed E-state index contributed by atoms with van der Waals surface area (Å²) in [6.07, 6.45) is -3.45. The molecule has 0 saturated heterocycles. The van der Waals surface area contributed by atoms with E-state index in [0.717, 1.165) is 35.2 Å². The van der Waals surface area contributed by atoms with Gasteiger partial charge in [0.25, 0.3) is 0 Å². The summed E-state index contributed by atoms with van der Waals surface area (Å²) in [7, 11) is 0. The number of benzene rings is 2. The van der Waals surface area contributed by atoms with E-state index >= 15 is 0 Å². The van der Waals surface area contributed by atoms with Gasteiger partial charge in [-0.1, -0.05) is 43.3 Å². The van der Waals surface area contributed by atoms with Gasteiger partial charge < -0.3 is 5.73 Å². The Morgan fingerprint density at radius 3 is 1.71 bits per heavy atom. The minimum atomic E-state index is -4.30. The van der Waals surface area contributed by atoms with Gasteiger partial charge in [0, 0.05) is 6.04 Å². The summed E-state index contributed by atoms with van der Waals surface area (Å²) in [6, 6.07) is 12.8. The van der Waals surface area contributed by atoms with Crippen molar-refractivity contribution in [2.24, 2.45) is 5.73 Å². The zero-order valence-electron chi connectivity index (χ0n) is 11.5. The molecule has 114 valence electrons. The van der Waals surface area contributed by atoms with Crippen LogP contribution in [0.3, 0.4) is 0 Å². The number of hydrogen-bond donors (Lipinski definition) is 1. The summed E-state index contributed by atoms with van der Waals surface area (Å²) >= 11 is 0. The smallest absolute Gasteiger partial charge is 0.324 e. The molecule has 2 N–H and O–H groups in total. The molecule has 5 heteroatoms. The molecule has 0 bridgehead atoms. The van der Waals surface area contributed by atoms with Gasteiger partial charge in [0.1, 0.15) is 0 Å². The number of rotatable bonds is 3. The summed E-state index contributed by atoms with van der Waals surface area (Å²) in [6.45, 7) is 2.01. The van der Waals surface area contributed by atoms with Crippen LogP contribution in [0.15, 0.2) is 48.5 Å². The summed E-state index contributed by atoms with van der Waals surface area (Å²) in [4.78, 5) is 0. The van der Waals surface area contributed by atoms with Gasteiger partial charge >= 0.3 is 6.18 Å². The molecular weight excluding hydrogens is 299 g/mol. The minimum absolute atomic E-state index is 0. The van der Waals surface area contributed by atoms with Crippen molar-refractivity contribution in [1.29, 1.82) is 0 Å². The summed E-state index contributed by atoms with van der Waals surface area (Å²) in [5, 5.41) is 0. The molecule has 2 rings (SSSR count). The van der Waals surface area contributed by atoms with Gasteiger partial charge in [-0.25, -0.2) is 0 Å². The van der Waals surface area contributed by atoms with Crippen LogP contribution in [-0.4, -0.2) is 0 Å². The van der Waals surface area contributed by atoms with E-state index in [1.165, 1.54) is 12.1 Å². The first-order valence-electron chi connectivity index (χ1n) is 6.45. The molecule has 0 aromatic heterocycles. The summed E-state index contributed by atoms with van der Waals surface area (Å²) in [5.41, 5.74) is 7.96. The van der Waals surface area contributed by atoms with Crippen LogP contribution >= 0.6 is 12.4 Å². The maximum atomic E-state index is 12.5. The van der Waals surface area contributed by atoms with E-state index in [1.54, 1.807) is 0 Å². The van der Waals surface area contributed by atoms with Crippen LogP contribution < -0.4 is 5.73 Å². The molecule has 0 spiro atoms. The van der Waals surface area contributed by atoms with Gasteiger partial charge in [0.15, 0.2) is 0 Å². The fraction of sp³-hybridized carbons (Fsp3) is 0.250. The predicted molar refractivity (Wildman–Crippen MR) is 81.3 cm³/mol. The lowest BCUT2D eigenvalue weighted by atomic mass is 9.99. The van der Waals surface area contributed by atoms with E-state index in [-0.39, 0.29) is 18.4 Å². The lowest BCUT2D eigenvalue weighted by molar-refractivity contribution is -0.137. The highest BCUT2D eigenvalue weighted by atomic mass is 35.5. The van der Waals surface area contributed by atoms with Gasteiger partial charge in [-0.05, 0) is 35.2 Å². The first-order chi connectivity index (χ1) is 9.41. The van der Waals surface area contributed by atoms with Crippen LogP contribution in [0, 0.1) is 0 Å². The van der Waals surface area contributed by atoms with Crippen LogP contribution in [0.2, 0.25) is 0 Å². The Balaban J connectivity index is 0.00000220. The molecule has 0 saturated carbocycles. The molecule has 2 aromatic rings. The third-order valence-corrected chi connectivity index (χ3v) is 3.32. The molecule has 1 atom stereocenters. The second-order valence-corrected chi connectivity index (χ2v) is 4.71. The molecule has 0 radical (unpaired) electrons. The maximum Gasteiger partial charge on any atom is 0.416 e. The topological polar surface area (TPSA) is 26.0 Å². The highest BCUT2D eigenvalue weighted by Crippen LogP contribution is 2.31. The fourth-order valence-electron chi connectivity index (χ4n) is 2.01. The van der Waals surface area contributed by atoms with Crippen LogP contribution in [0.25, 0.3) is 11.1 Å². The van der Waals surface area contributed by atoms with E-state index < -0.39 is 11.7 Å². The van der Waals surface area contributed by atoms with E-state index in [9.17, 15) is 13.2 Å². The van der Waals surface area contributed by atoms with E-state index in [1.807, 2.05) is 31.2 Å². The maximum absolute atomic E-state index is 12.5. The lowest BCUT2D eigenvalue weighted by Gasteiger charge is -2.11. The average Bonchev–Trinajstić information content (AvgIpc) is 2.46. The zero-order chi connectivity index (χ0) is 14.8. The van der Waals surface area contributed by atoms with Crippen molar-refractivity contribution >= 4 is 12.4 Å². The van der Waals surface area contributed by atoms with Crippen molar-refractivity contribution < 1.29 is 13.2 Å². The Morgan fingerprint density at radius 1 is 0.905 bits per heavy atom. The normalized spacial score (nSPS) is 12.6. The van der Waals surface area contributed by atoms with Crippen molar-refractivity contribution in [3.05, 3.63) is 59.7 Å². The molecule has 1 nitrogen and oxygen atoms in total. The SMILES string of the molecule is CC[C@@H](N)c1ccc(-c2ccc(C(F)(F)F)cc2)cc1.Cl. The molecule has 0 aliphatic rings. The second kappa shape index (κ2) is 6.96. The third kappa shape index (κ3) is 4.22. The molecule has 0 aliphatic heterocycles. The van der Waals surface area contributed by atoms with Crippen LogP contribution in [0.1, 0.15) is 30.5 Å². The van der Waals surface area contributed by atoms with Crippen molar-refractivity contribution in [2.75, 3.05) is 0 Å². The number of alkyl halides is 3. The van der Waals surface area contributed by atoms with Crippen LogP contribution in [0.4, 0.5) is 13.2 Å². The number of halogens is 4. The first-order valence-corrected chi connectivity index (χ1v) is 6.45. The average molecular weight is 316 g/mol. The molecule has 0 heterocycles. The quantitative estimate of drug-likeness (QED) is 0.827. The van der Waals surface area contributed by atoms with E-state index in [2.05, 4.69) is 0 Å². The monoisotopic (exact) mass is 315 g/mol. The Morgan fingerprint density at radius 2 is 1.33 bits per heavy atom. The van der Waals surface area contributed by atoms with Crippen molar-refractivity contribution in [3.8, 4) is 11.1 Å². The van der Waals surface area contributed by atoms with Gasteiger partial charge in [0.2, 0.25) is 0 Å². The second-order valence-electron chi connectivity index (χ2n) is 4.71. The molecule has 0 unspecified atom stereocenters. The first kappa shape index (κ1) is 17.5. The Bertz CT molecular complexity index is 562. The van der Waals surface area contributed by atoms with Gasteiger partial charge in [-0.3, -0.25) is 0 Å². The number of hydrogen-bond acceptors (Lipinski definition) is 1. The summed E-state index contributed by atoms with van der Waals surface area (Å²) < 4.78 is 37.5. The largest absolute Gasteiger partial charge is 0.416 e.